The van der Waals surface area contributed by atoms with Crippen LogP contribution in [0, 0.1) is 0 Å². The van der Waals surface area contributed by atoms with E-state index in [1.165, 1.54) is 17.1 Å². The van der Waals surface area contributed by atoms with E-state index in [1.54, 1.807) is 24.3 Å². The number of para-hydroxylation sites is 1. The molecule has 6 nitrogen and oxygen atoms in total. The zero-order valence-corrected chi connectivity index (χ0v) is 19.4. The number of hydrogen-bond donors (Lipinski definition) is 2. The van der Waals surface area contributed by atoms with Crippen molar-refractivity contribution in [1.82, 2.24) is 5.32 Å². The van der Waals surface area contributed by atoms with E-state index < -0.39 is 10.0 Å². The molecule has 0 spiro atoms. The molecule has 1 aliphatic heterocycles. The van der Waals surface area contributed by atoms with E-state index >= 15 is 0 Å². The van der Waals surface area contributed by atoms with E-state index in [9.17, 15) is 13.2 Å². The Labute approximate surface area is 190 Å². The van der Waals surface area contributed by atoms with Gasteiger partial charge >= 0.3 is 0 Å². The normalized spacial score (nSPS) is 13.0. The second-order valence-corrected chi connectivity index (χ2v) is 9.92. The molecular formula is C23H29N3O3S2. The number of benzene rings is 2. The number of nitrogens with zero attached hydrogens (tertiary/aromatic N) is 1. The van der Waals surface area contributed by atoms with Crippen molar-refractivity contribution in [2.45, 2.75) is 56.8 Å². The average Bonchev–Trinajstić information content (AvgIpc) is 3.19. The first kappa shape index (κ1) is 23.2. The highest BCUT2D eigenvalue weighted by atomic mass is 32.2. The minimum atomic E-state index is -3.63. The SMILES string of the molecule is CCCCCCCC(=O)NC(=S)Nc1ccc(S(=O)(=O)N2CCc3ccccc32)cc1. The second-order valence-electron chi connectivity index (χ2n) is 7.65. The van der Waals surface area contributed by atoms with Gasteiger partial charge in [-0.3, -0.25) is 9.10 Å². The van der Waals surface area contributed by atoms with Crippen LogP contribution in [0.3, 0.4) is 0 Å². The molecule has 0 atom stereocenters. The van der Waals surface area contributed by atoms with Crippen molar-refractivity contribution < 1.29 is 13.2 Å². The molecule has 8 heteroatoms. The van der Waals surface area contributed by atoms with Crippen molar-refractivity contribution in [3.63, 3.8) is 0 Å². The number of thiocarbonyl (C=S) groups is 1. The molecule has 0 unspecified atom stereocenters. The van der Waals surface area contributed by atoms with Crippen LogP contribution in [0.15, 0.2) is 53.4 Å². The molecule has 2 aromatic rings. The van der Waals surface area contributed by atoms with Gasteiger partial charge in [0.25, 0.3) is 10.0 Å². The fourth-order valence-electron chi connectivity index (χ4n) is 3.64. The molecular weight excluding hydrogens is 430 g/mol. The number of rotatable bonds is 9. The average molecular weight is 460 g/mol. The first-order chi connectivity index (χ1) is 14.9. The van der Waals surface area contributed by atoms with Gasteiger partial charge < -0.3 is 10.6 Å². The number of hydrogen-bond acceptors (Lipinski definition) is 4. The van der Waals surface area contributed by atoms with Crippen molar-refractivity contribution in [1.29, 1.82) is 0 Å². The largest absolute Gasteiger partial charge is 0.332 e. The Morgan fingerprint density at radius 1 is 1.03 bits per heavy atom. The molecule has 2 aromatic carbocycles. The molecule has 166 valence electrons. The number of amides is 1. The summed E-state index contributed by atoms with van der Waals surface area (Å²) in [7, 11) is -3.63. The lowest BCUT2D eigenvalue weighted by molar-refractivity contribution is -0.119. The van der Waals surface area contributed by atoms with Crippen LogP contribution in [-0.4, -0.2) is 26.0 Å². The number of anilines is 2. The molecule has 0 saturated heterocycles. The molecule has 0 bridgehead atoms. The summed E-state index contributed by atoms with van der Waals surface area (Å²) in [6.45, 7) is 2.60. The Balaban J connectivity index is 1.54. The predicted octanol–water partition coefficient (Wildman–Crippen LogP) is 4.61. The van der Waals surface area contributed by atoms with E-state index in [1.807, 2.05) is 24.3 Å². The van der Waals surface area contributed by atoms with Crippen LogP contribution in [0.1, 0.15) is 51.0 Å². The van der Waals surface area contributed by atoms with Gasteiger partial charge in [0.15, 0.2) is 5.11 Å². The van der Waals surface area contributed by atoms with Crippen LogP contribution < -0.4 is 14.9 Å². The van der Waals surface area contributed by atoms with Crippen LogP contribution in [0.4, 0.5) is 11.4 Å². The molecule has 3 rings (SSSR count). The quantitative estimate of drug-likeness (QED) is 0.423. The Hall–Kier alpha value is -2.45. The standard InChI is InChI=1S/C23H29N3O3S2/c1-2-3-4-5-6-11-22(27)25-23(30)24-19-12-14-20(15-13-19)31(28,29)26-17-16-18-9-7-8-10-21(18)26/h7-10,12-15H,2-6,11,16-17H2,1H3,(H2,24,25,27,30). The number of sulfonamides is 1. The molecule has 0 fully saturated rings. The van der Waals surface area contributed by atoms with Gasteiger partial charge in [0.2, 0.25) is 5.91 Å². The van der Waals surface area contributed by atoms with Crippen LogP contribution in [0.5, 0.6) is 0 Å². The third-order valence-electron chi connectivity index (χ3n) is 5.31. The number of fused-ring (bicyclic) bond motifs is 1. The topological polar surface area (TPSA) is 78.5 Å². The van der Waals surface area contributed by atoms with Gasteiger partial charge in [-0.2, -0.15) is 0 Å². The summed E-state index contributed by atoms with van der Waals surface area (Å²) in [6.07, 6.45) is 6.55. The first-order valence-electron chi connectivity index (χ1n) is 10.7. The number of carbonyl (C=O) groups excluding carboxylic acids is 1. The Morgan fingerprint density at radius 2 is 1.74 bits per heavy atom. The van der Waals surface area contributed by atoms with Crippen LogP contribution in [0.25, 0.3) is 0 Å². The maximum atomic E-state index is 13.1. The summed E-state index contributed by atoms with van der Waals surface area (Å²) in [4.78, 5) is 12.2. The fraction of sp³-hybridized carbons (Fsp3) is 0.391. The molecule has 1 heterocycles. The lowest BCUT2D eigenvalue weighted by Gasteiger charge is -2.19. The Bertz CT molecular complexity index is 1020. The zero-order valence-electron chi connectivity index (χ0n) is 17.8. The van der Waals surface area contributed by atoms with Gasteiger partial charge in [-0.15, -0.1) is 0 Å². The molecule has 31 heavy (non-hydrogen) atoms. The molecule has 1 amide bonds. The summed E-state index contributed by atoms with van der Waals surface area (Å²) >= 11 is 5.20. The Morgan fingerprint density at radius 3 is 2.48 bits per heavy atom. The smallest absolute Gasteiger partial charge is 0.264 e. The van der Waals surface area contributed by atoms with Crippen molar-refractivity contribution in [2.75, 3.05) is 16.2 Å². The van der Waals surface area contributed by atoms with Gasteiger partial charge in [0, 0.05) is 18.7 Å². The molecule has 0 aromatic heterocycles. The van der Waals surface area contributed by atoms with E-state index in [-0.39, 0.29) is 15.9 Å². The van der Waals surface area contributed by atoms with Crippen molar-refractivity contribution in [3.8, 4) is 0 Å². The third kappa shape index (κ3) is 6.04. The van der Waals surface area contributed by atoms with Crippen molar-refractivity contribution >= 4 is 44.6 Å². The number of unbranched alkanes of at least 4 members (excludes halogenated alkanes) is 4. The van der Waals surface area contributed by atoms with Crippen LogP contribution in [0.2, 0.25) is 0 Å². The minimum absolute atomic E-state index is 0.110. The number of nitrogens with one attached hydrogen (secondary N) is 2. The minimum Gasteiger partial charge on any atom is -0.332 e. The van der Waals surface area contributed by atoms with Gasteiger partial charge in [0.05, 0.1) is 10.6 Å². The second kappa shape index (κ2) is 10.7. The lowest BCUT2D eigenvalue weighted by Crippen LogP contribution is -2.34. The van der Waals surface area contributed by atoms with E-state index in [2.05, 4.69) is 17.6 Å². The highest BCUT2D eigenvalue weighted by Crippen LogP contribution is 2.32. The van der Waals surface area contributed by atoms with Crippen molar-refractivity contribution in [3.05, 3.63) is 54.1 Å². The van der Waals surface area contributed by atoms with Crippen LogP contribution >= 0.6 is 12.2 Å². The van der Waals surface area contributed by atoms with E-state index in [0.29, 0.717) is 25.1 Å². The van der Waals surface area contributed by atoms with E-state index in [4.69, 9.17) is 12.2 Å². The summed E-state index contributed by atoms with van der Waals surface area (Å²) in [5.41, 5.74) is 2.40. The van der Waals surface area contributed by atoms with E-state index in [0.717, 1.165) is 30.5 Å². The monoisotopic (exact) mass is 459 g/mol. The maximum absolute atomic E-state index is 13.1. The zero-order chi connectivity index (χ0) is 22.3. The summed E-state index contributed by atoms with van der Waals surface area (Å²) in [6, 6.07) is 14.0. The van der Waals surface area contributed by atoms with Gasteiger partial charge in [-0.1, -0.05) is 50.8 Å². The molecule has 0 radical (unpaired) electrons. The highest BCUT2D eigenvalue weighted by Gasteiger charge is 2.30. The predicted molar refractivity (Wildman–Crippen MR) is 129 cm³/mol. The summed E-state index contributed by atoms with van der Waals surface area (Å²) in [5, 5.41) is 5.82. The highest BCUT2D eigenvalue weighted by molar-refractivity contribution is 7.92. The molecule has 2 N–H and O–H groups in total. The molecule has 0 aliphatic carbocycles. The van der Waals surface area contributed by atoms with Gasteiger partial charge in [-0.05, 0) is 61.0 Å². The maximum Gasteiger partial charge on any atom is 0.264 e. The molecule has 0 saturated carbocycles. The third-order valence-corrected chi connectivity index (χ3v) is 7.34. The van der Waals surface area contributed by atoms with Crippen molar-refractivity contribution in [2.24, 2.45) is 0 Å². The van der Waals surface area contributed by atoms with Crippen LogP contribution in [-0.2, 0) is 21.2 Å². The fourth-order valence-corrected chi connectivity index (χ4v) is 5.37. The number of carbonyl (C=O) groups is 1. The lowest BCUT2D eigenvalue weighted by atomic mass is 10.1. The summed E-state index contributed by atoms with van der Waals surface area (Å²) < 4.78 is 27.6. The Kier molecular flexibility index (Phi) is 8.03. The van der Waals surface area contributed by atoms with Gasteiger partial charge in [0.1, 0.15) is 0 Å². The molecule has 1 aliphatic rings. The van der Waals surface area contributed by atoms with Gasteiger partial charge in [-0.25, -0.2) is 8.42 Å². The summed E-state index contributed by atoms with van der Waals surface area (Å²) in [5.74, 6) is -0.110. The first-order valence-corrected chi connectivity index (χ1v) is 12.6.